The van der Waals surface area contributed by atoms with Crippen LogP contribution in [0.5, 0.6) is 5.75 Å². The zero-order valence-electron chi connectivity index (χ0n) is 14.9. The fourth-order valence-electron chi connectivity index (χ4n) is 2.55. The van der Waals surface area contributed by atoms with Crippen LogP contribution in [0.1, 0.15) is 11.1 Å². The Bertz CT molecular complexity index is 988. The van der Waals surface area contributed by atoms with Crippen LogP contribution in [0.4, 0.5) is 0 Å². The second-order valence-corrected chi connectivity index (χ2v) is 6.89. The Morgan fingerprint density at radius 1 is 1.00 bits per heavy atom. The number of hydrogen-bond donors (Lipinski definition) is 1. The van der Waals surface area contributed by atoms with E-state index < -0.39 is 12.6 Å². The maximum atomic E-state index is 10.4. The fourth-order valence-corrected chi connectivity index (χ4v) is 2.99. The van der Waals surface area contributed by atoms with Gasteiger partial charge in [-0.1, -0.05) is 63.6 Å². The summed E-state index contributed by atoms with van der Waals surface area (Å²) in [6.07, 6.45) is 1.49. The van der Waals surface area contributed by atoms with Gasteiger partial charge in [-0.3, -0.25) is 0 Å². The van der Waals surface area contributed by atoms with E-state index >= 15 is 0 Å². The number of ether oxygens (including phenoxy) is 1. The van der Waals surface area contributed by atoms with Crippen LogP contribution in [0.25, 0.3) is 11.1 Å². The lowest BCUT2D eigenvalue weighted by molar-refractivity contribution is -0.142. The van der Waals surface area contributed by atoms with E-state index in [2.05, 4.69) is 21.1 Å². The van der Waals surface area contributed by atoms with Crippen LogP contribution in [0, 0.1) is 0 Å². The maximum absolute atomic E-state index is 10.4. The van der Waals surface area contributed by atoms with E-state index in [0.717, 1.165) is 32.5 Å². The standard InChI is InChI=1S/C22H18BrNO4/c23-20-8-2-5-17(11-20)14-27-21-9-3-7-19(12-21)18-6-1-4-16(10-18)13-24-28-15-22(25)26/h1-13H,14-15H2,(H,25,26). The van der Waals surface area contributed by atoms with Crippen molar-refractivity contribution in [2.75, 3.05) is 6.61 Å². The van der Waals surface area contributed by atoms with Gasteiger partial charge in [0.25, 0.3) is 0 Å². The van der Waals surface area contributed by atoms with Gasteiger partial charge in [0.05, 0.1) is 6.21 Å². The smallest absolute Gasteiger partial charge is 0.344 e. The molecule has 0 aliphatic rings. The van der Waals surface area contributed by atoms with Crippen molar-refractivity contribution in [3.05, 3.63) is 88.4 Å². The topological polar surface area (TPSA) is 68.1 Å². The Labute approximate surface area is 171 Å². The largest absolute Gasteiger partial charge is 0.489 e. The van der Waals surface area contributed by atoms with Crippen molar-refractivity contribution in [3.63, 3.8) is 0 Å². The van der Waals surface area contributed by atoms with Crippen LogP contribution in [0.15, 0.2) is 82.4 Å². The highest BCUT2D eigenvalue weighted by Crippen LogP contribution is 2.25. The molecule has 0 saturated heterocycles. The molecule has 3 aromatic rings. The molecule has 0 saturated carbocycles. The molecule has 0 radical (unpaired) electrons. The maximum Gasteiger partial charge on any atom is 0.344 e. The number of hydrogen-bond acceptors (Lipinski definition) is 4. The molecule has 0 aliphatic carbocycles. The summed E-state index contributed by atoms with van der Waals surface area (Å²) in [7, 11) is 0. The summed E-state index contributed by atoms with van der Waals surface area (Å²) in [5.41, 5.74) is 3.89. The monoisotopic (exact) mass is 439 g/mol. The molecule has 3 aromatic carbocycles. The van der Waals surface area contributed by atoms with Crippen molar-refractivity contribution in [1.82, 2.24) is 0 Å². The molecule has 0 heterocycles. The van der Waals surface area contributed by atoms with E-state index in [0.29, 0.717) is 6.61 Å². The predicted molar refractivity (Wildman–Crippen MR) is 112 cm³/mol. The van der Waals surface area contributed by atoms with Gasteiger partial charge in [0, 0.05) is 4.47 Å². The molecule has 0 bridgehead atoms. The summed E-state index contributed by atoms with van der Waals surface area (Å²) in [5, 5.41) is 12.2. The number of carboxylic acids is 1. The Morgan fingerprint density at radius 2 is 1.75 bits per heavy atom. The molecule has 3 rings (SSSR count). The first-order valence-electron chi connectivity index (χ1n) is 8.55. The molecule has 142 valence electrons. The third kappa shape index (κ3) is 5.96. The van der Waals surface area contributed by atoms with Crippen molar-refractivity contribution in [2.24, 2.45) is 5.16 Å². The number of halogens is 1. The molecule has 0 unspecified atom stereocenters. The first kappa shape index (κ1) is 19.6. The lowest BCUT2D eigenvalue weighted by Crippen LogP contribution is -2.03. The third-order valence-electron chi connectivity index (χ3n) is 3.81. The average molecular weight is 440 g/mol. The van der Waals surface area contributed by atoms with Crippen molar-refractivity contribution < 1.29 is 19.5 Å². The van der Waals surface area contributed by atoms with Crippen molar-refractivity contribution in [2.45, 2.75) is 6.61 Å². The molecule has 0 fully saturated rings. The molecule has 5 nitrogen and oxygen atoms in total. The normalized spacial score (nSPS) is 10.8. The summed E-state index contributed by atoms with van der Waals surface area (Å²) in [6.45, 7) is 0.0179. The van der Waals surface area contributed by atoms with E-state index in [1.165, 1.54) is 6.21 Å². The van der Waals surface area contributed by atoms with Crippen LogP contribution in [-0.4, -0.2) is 23.9 Å². The lowest BCUT2D eigenvalue weighted by atomic mass is 10.0. The van der Waals surface area contributed by atoms with Gasteiger partial charge >= 0.3 is 5.97 Å². The van der Waals surface area contributed by atoms with Gasteiger partial charge in [-0.25, -0.2) is 4.79 Å². The van der Waals surface area contributed by atoms with Gasteiger partial charge in [-0.05, 0) is 52.6 Å². The fraction of sp³-hybridized carbons (Fsp3) is 0.0909. The molecular formula is C22H18BrNO4. The molecule has 1 N–H and O–H groups in total. The first-order valence-corrected chi connectivity index (χ1v) is 9.34. The Morgan fingerprint density at radius 3 is 2.54 bits per heavy atom. The van der Waals surface area contributed by atoms with Crippen LogP contribution in [0.3, 0.4) is 0 Å². The molecule has 0 aromatic heterocycles. The minimum absolute atomic E-state index is 0.465. The highest BCUT2D eigenvalue weighted by molar-refractivity contribution is 9.10. The van der Waals surface area contributed by atoms with Crippen molar-refractivity contribution >= 4 is 28.1 Å². The quantitative estimate of drug-likeness (QED) is 0.390. The molecule has 6 heteroatoms. The Hall–Kier alpha value is -3.12. The molecule has 0 atom stereocenters. The second-order valence-electron chi connectivity index (χ2n) is 5.97. The van der Waals surface area contributed by atoms with E-state index in [1.807, 2.05) is 72.8 Å². The summed E-state index contributed by atoms with van der Waals surface area (Å²) < 4.78 is 6.94. The van der Waals surface area contributed by atoms with Crippen LogP contribution in [0.2, 0.25) is 0 Å². The third-order valence-corrected chi connectivity index (χ3v) is 4.31. The summed E-state index contributed by atoms with van der Waals surface area (Å²) >= 11 is 3.46. The highest BCUT2D eigenvalue weighted by atomic mass is 79.9. The van der Waals surface area contributed by atoms with E-state index in [9.17, 15) is 4.79 Å². The Balaban J connectivity index is 1.69. The van der Waals surface area contributed by atoms with Gasteiger partial charge in [0.2, 0.25) is 6.61 Å². The van der Waals surface area contributed by atoms with Crippen LogP contribution >= 0.6 is 15.9 Å². The number of oxime groups is 1. The highest BCUT2D eigenvalue weighted by Gasteiger charge is 2.03. The van der Waals surface area contributed by atoms with Crippen molar-refractivity contribution in [3.8, 4) is 16.9 Å². The number of carbonyl (C=O) groups is 1. The number of carboxylic acid groups (broad SMARTS) is 1. The minimum atomic E-state index is -1.06. The number of benzene rings is 3. The summed E-state index contributed by atoms with van der Waals surface area (Å²) in [6, 6.07) is 23.6. The molecule has 0 spiro atoms. The second kappa shape index (κ2) is 9.71. The van der Waals surface area contributed by atoms with Gasteiger partial charge in [0.15, 0.2) is 0 Å². The van der Waals surface area contributed by atoms with Crippen molar-refractivity contribution in [1.29, 1.82) is 0 Å². The van der Waals surface area contributed by atoms with Gasteiger partial charge < -0.3 is 14.7 Å². The van der Waals surface area contributed by atoms with E-state index in [4.69, 9.17) is 14.7 Å². The SMILES string of the molecule is O=C(O)CON=Cc1cccc(-c2cccc(OCc3cccc(Br)c3)c2)c1. The molecule has 28 heavy (non-hydrogen) atoms. The van der Waals surface area contributed by atoms with E-state index in [1.54, 1.807) is 0 Å². The number of rotatable bonds is 8. The lowest BCUT2D eigenvalue weighted by Gasteiger charge is -2.09. The van der Waals surface area contributed by atoms with Crippen LogP contribution < -0.4 is 4.74 Å². The predicted octanol–water partition coefficient (Wildman–Crippen LogP) is 5.13. The molecule has 0 amide bonds. The van der Waals surface area contributed by atoms with Gasteiger partial charge in [-0.15, -0.1) is 0 Å². The Kier molecular flexibility index (Phi) is 6.81. The summed E-state index contributed by atoms with van der Waals surface area (Å²) in [5.74, 6) is -0.285. The first-order chi connectivity index (χ1) is 13.6. The zero-order valence-corrected chi connectivity index (χ0v) is 16.5. The number of nitrogens with zero attached hydrogens (tertiary/aromatic N) is 1. The number of aliphatic carboxylic acids is 1. The minimum Gasteiger partial charge on any atom is -0.489 e. The van der Waals surface area contributed by atoms with E-state index in [-0.39, 0.29) is 0 Å². The zero-order chi connectivity index (χ0) is 19.8. The van der Waals surface area contributed by atoms with Gasteiger partial charge in [-0.2, -0.15) is 0 Å². The molecular weight excluding hydrogens is 422 g/mol. The molecule has 0 aliphatic heterocycles. The van der Waals surface area contributed by atoms with Gasteiger partial charge in [0.1, 0.15) is 12.4 Å². The average Bonchev–Trinajstić information content (AvgIpc) is 2.70. The summed E-state index contributed by atoms with van der Waals surface area (Å²) in [4.78, 5) is 15.1. The van der Waals surface area contributed by atoms with Crippen LogP contribution in [-0.2, 0) is 16.2 Å².